The Labute approximate surface area is 167 Å². The minimum atomic E-state index is -4.72. The van der Waals surface area contributed by atoms with Crippen molar-refractivity contribution in [2.75, 3.05) is 18.2 Å². The molecule has 0 unspecified atom stereocenters. The second-order valence-corrected chi connectivity index (χ2v) is 7.86. The molecule has 13 heteroatoms. The van der Waals surface area contributed by atoms with Gasteiger partial charge in [0.05, 0.1) is 21.7 Å². The summed E-state index contributed by atoms with van der Waals surface area (Å²) in [4.78, 5) is 33.3. The smallest absolute Gasteiger partial charge is 0.418 e. The zero-order valence-electron chi connectivity index (χ0n) is 15.1. The van der Waals surface area contributed by atoms with Crippen LogP contribution in [0.2, 0.25) is 0 Å². The van der Waals surface area contributed by atoms with Crippen molar-refractivity contribution in [2.45, 2.75) is 11.1 Å². The maximum Gasteiger partial charge on any atom is 0.418 e. The van der Waals surface area contributed by atoms with E-state index in [9.17, 15) is 41.3 Å². The molecule has 0 heterocycles. The van der Waals surface area contributed by atoms with E-state index in [0.29, 0.717) is 6.07 Å². The second kappa shape index (κ2) is 8.49. The van der Waals surface area contributed by atoms with E-state index in [2.05, 4.69) is 4.74 Å². The van der Waals surface area contributed by atoms with Crippen LogP contribution in [0.15, 0.2) is 47.4 Å². The summed E-state index contributed by atoms with van der Waals surface area (Å²) in [6, 6.07) is 6.60. The summed E-state index contributed by atoms with van der Waals surface area (Å²) < 4.78 is 66.5. The van der Waals surface area contributed by atoms with E-state index < -0.39 is 66.8 Å². The van der Waals surface area contributed by atoms with E-state index in [1.165, 1.54) is 6.07 Å². The van der Waals surface area contributed by atoms with Gasteiger partial charge in [0.1, 0.15) is 4.90 Å². The first-order valence-electron chi connectivity index (χ1n) is 7.92. The van der Waals surface area contributed by atoms with Crippen LogP contribution < -0.4 is 5.32 Å². The average Bonchev–Trinajstić information content (AvgIpc) is 2.64. The van der Waals surface area contributed by atoms with Gasteiger partial charge in [0.25, 0.3) is 11.6 Å². The van der Waals surface area contributed by atoms with Crippen LogP contribution >= 0.6 is 0 Å². The summed E-state index contributed by atoms with van der Waals surface area (Å²) in [5.41, 5.74) is -2.93. The van der Waals surface area contributed by atoms with Crippen LogP contribution in [0.3, 0.4) is 0 Å². The number of benzene rings is 2. The molecule has 0 atom stereocenters. The van der Waals surface area contributed by atoms with Crippen molar-refractivity contribution in [1.29, 1.82) is 0 Å². The lowest BCUT2D eigenvalue weighted by Crippen LogP contribution is -2.22. The molecular formula is C17H13F3N2O7S. The van der Waals surface area contributed by atoms with Crippen molar-refractivity contribution < 1.29 is 40.8 Å². The summed E-state index contributed by atoms with van der Waals surface area (Å²) in [5.74, 6) is -2.29. The lowest BCUT2D eigenvalue weighted by Gasteiger charge is -2.13. The van der Waals surface area contributed by atoms with Crippen LogP contribution in [-0.4, -0.2) is 38.1 Å². The quantitative estimate of drug-likeness (QED) is 0.410. The number of nitro groups is 1. The molecule has 0 aromatic heterocycles. The Bertz CT molecular complexity index is 1110. The largest absolute Gasteiger partial charge is 0.452 e. The third kappa shape index (κ3) is 5.53. The topological polar surface area (TPSA) is 133 Å². The minimum Gasteiger partial charge on any atom is -0.452 e. The van der Waals surface area contributed by atoms with Gasteiger partial charge in [0.15, 0.2) is 16.4 Å². The number of ether oxygens (including phenoxy) is 1. The highest BCUT2D eigenvalue weighted by atomic mass is 32.2. The number of nitro benzene ring substituents is 1. The van der Waals surface area contributed by atoms with E-state index in [-0.39, 0.29) is 0 Å². The first kappa shape index (κ1) is 22.8. The van der Waals surface area contributed by atoms with Gasteiger partial charge in [-0.05, 0) is 24.3 Å². The molecule has 0 aliphatic heterocycles. The number of esters is 1. The predicted molar refractivity (Wildman–Crippen MR) is 96.6 cm³/mol. The van der Waals surface area contributed by atoms with Crippen LogP contribution in [-0.2, 0) is 25.5 Å². The summed E-state index contributed by atoms with van der Waals surface area (Å²) in [6.07, 6.45) is -3.97. The van der Waals surface area contributed by atoms with Gasteiger partial charge in [-0.2, -0.15) is 13.2 Å². The van der Waals surface area contributed by atoms with Crippen LogP contribution in [0.25, 0.3) is 0 Å². The van der Waals surface area contributed by atoms with Gasteiger partial charge in [-0.3, -0.25) is 14.9 Å². The molecule has 0 saturated carbocycles. The lowest BCUT2D eigenvalue weighted by molar-refractivity contribution is -0.387. The number of hydrogen-bond acceptors (Lipinski definition) is 7. The Kier molecular flexibility index (Phi) is 6.45. The SMILES string of the molecule is CS(=O)(=O)c1ccc(C(=O)OCC(=O)Nc2ccccc2C(F)(F)F)cc1[N+](=O)[O-]. The molecule has 9 nitrogen and oxygen atoms in total. The molecule has 1 N–H and O–H groups in total. The molecule has 160 valence electrons. The number of hydrogen-bond donors (Lipinski definition) is 1. The molecule has 2 rings (SSSR count). The highest BCUT2D eigenvalue weighted by molar-refractivity contribution is 7.90. The Morgan fingerprint density at radius 2 is 1.80 bits per heavy atom. The van der Waals surface area contributed by atoms with Crippen molar-refractivity contribution in [3.63, 3.8) is 0 Å². The van der Waals surface area contributed by atoms with Gasteiger partial charge in [0.2, 0.25) is 0 Å². The van der Waals surface area contributed by atoms with Crippen LogP contribution in [0, 0.1) is 10.1 Å². The number of nitrogens with zero attached hydrogens (tertiary/aromatic N) is 1. The molecule has 2 aromatic carbocycles. The third-order valence-electron chi connectivity index (χ3n) is 3.63. The van der Waals surface area contributed by atoms with Crippen LogP contribution in [0.1, 0.15) is 15.9 Å². The van der Waals surface area contributed by atoms with Crippen molar-refractivity contribution >= 4 is 33.1 Å². The van der Waals surface area contributed by atoms with Crippen molar-refractivity contribution in [3.05, 3.63) is 63.7 Å². The number of sulfone groups is 1. The normalized spacial score (nSPS) is 11.6. The maximum atomic E-state index is 12.9. The van der Waals surface area contributed by atoms with Crippen LogP contribution in [0.4, 0.5) is 24.5 Å². The van der Waals surface area contributed by atoms with Gasteiger partial charge in [-0.1, -0.05) is 12.1 Å². The van der Waals surface area contributed by atoms with Gasteiger partial charge in [-0.15, -0.1) is 0 Å². The Morgan fingerprint density at radius 1 is 1.17 bits per heavy atom. The molecule has 0 aliphatic carbocycles. The average molecular weight is 446 g/mol. The lowest BCUT2D eigenvalue weighted by atomic mass is 10.1. The molecule has 0 fully saturated rings. The number of alkyl halides is 3. The zero-order valence-corrected chi connectivity index (χ0v) is 15.9. The molecule has 30 heavy (non-hydrogen) atoms. The van der Waals surface area contributed by atoms with E-state index in [0.717, 1.165) is 36.6 Å². The van der Waals surface area contributed by atoms with Crippen LogP contribution in [0.5, 0.6) is 0 Å². The standard InChI is InChI=1S/C17H13F3N2O7S/c1-30(27,28)14-7-6-10(8-13(14)22(25)26)16(24)29-9-15(23)21-12-5-3-2-4-11(12)17(18,19)20/h2-8H,9H2,1H3,(H,21,23). The number of carbonyl (C=O) groups excluding carboxylic acids is 2. The van der Waals surface area contributed by atoms with Gasteiger partial charge in [-0.25, -0.2) is 13.2 Å². The van der Waals surface area contributed by atoms with Crippen molar-refractivity contribution in [2.24, 2.45) is 0 Å². The zero-order chi connectivity index (χ0) is 22.7. The molecule has 2 aromatic rings. The van der Waals surface area contributed by atoms with E-state index in [1.54, 1.807) is 0 Å². The third-order valence-corrected chi connectivity index (χ3v) is 4.78. The van der Waals surface area contributed by atoms with Gasteiger partial charge >= 0.3 is 12.1 Å². The summed E-state index contributed by atoms with van der Waals surface area (Å²) in [6.45, 7) is -0.980. The number of nitrogens with one attached hydrogen (secondary N) is 1. The molecule has 1 amide bonds. The number of anilines is 1. The fourth-order valence-electron chi connectivity index (χ4n) is 2.34. The van der Waals surface area contributed by atoms with Crippen molar-refractivity contribution in [3.8, 4) is 0 Å². The van der Waals surface area contributed by atoms with E-state index in [4.69, 9.17) is 0 Å². The Morgan fingerprint density at radius 3 is 2.37 bits per heavy atom. The highest BCUT2D eigenvalue weighted by Crippen LogP contribution is 2.34. The van der Waals surface area contributed by atoms with E-state index in [1.807, 2.05) is 5.32 Å². The summed E-state index contributed by atoms with van der Waals surface area (Å²) in [7, 11) is -3.95. The molecular weight excluding hydrogens is 433 g/mol. The first-order chi connectivity index (χ1) is 13.8. The number of para-hydroxylation sites is 1. The fourth-order valence-corrected chi connectivity index (χ4v) is 3.17. The molecule has 0 radical (unpaired) electrons. The van der Waals surface area contributed by atoms with Crippen molar-refractivity contribution in [1.82, 2.24) is 0 Å². The number of halogens is 3. The number of rotatable bonds is 6. The molecule has 0 bridgehead atoms. The monoisotopic (exact) mass is 446 g/mol. The minimum absolute atomic E-state index is 0.419. The highest BCUT2D eigenvalue weighted by Gasteiger charge is 2.33. The Hall–Kier alpha value is -3.48. The molecule has 0 saturated heterocycles. The molecule has 0 spiro atoms. The second-order valence-electron chi connectivity index (χ2n) is 5.88. The fraction of sp³-hybridized carbons (Fsp3) is 0.176. The van der Waals surface area contributed by atoms with E-state index >= 15 is 0 Å². The summed E-state index contributed by atoms with van der Waals surface area (Å²) >= 11 is 0. The number of carbonyl (C=O) groups is 2. The van der Waals surface area contributed by atoms with Gasteiger partial charge in [0, 0.05) is 12.3 Å². The first-order valence-corrected chi connectivity index (χ1v) is 9.81. The van der Waals surface area contributed by atoms with Gasteiger partial charge < -0.3 is 10.1 Å². The molecule has 0 aliphatic rings. The predicted octanol–water partition coefficient (Wildman–Crippen LogP) is 2.81. The maximum absolute atomic E-state index is 12.9. The number of amides is 1. The Balaban J connectivity index is 2.12. The summed E-state index contributed by atoms with van der Waals surface area (Å²) in [5, 5.41) is 13.0.